The van der Waals surface area contributed by atoms with E-state index in [4.69, 9.17) is 10.5 Å². The molecule has 27 heavy (non-hydrogen) atoms. The maximum Gasteiger partial charge on any atom is 0.314 e. The van der Waals surface area contributed by atoms with Gasteiger partial charge in [-0.2, -0.15) is 0 Å². The summed E-state index contributed by atoms with van der Waals surface area (Å²) in [4.78, 5) is 29.3. The molecule has 0 spiro atoms. The molecule has 3 heterocycles. The van der Waals surface area contributed by atoms with Crippen molar-refractivity contribution >= 4 is 11.9 Å². The molecule has 0 aliphatic carbocycles. The molecule has 2 saturated heterocycles. The summed E-state index contributed by atoms with van der Waals surface area (Å²) in [6.45, 7) is 6.43. The number of nitrogens with one attached hydrogen (secondary N) is 1. The monoisotopic (exact) mass is 373 g/mol. The molecule has 3 N–H and O–H groups in total. The van der Waals surface area contributed by atoms with Crippen LogP contribution in [0.5, 0.6) is 5.75 Å². The topological polar surface area (TPSA) is 80.3 Å². The van der Waals surface area contributed by atoms with Crippen molar-refractivity contribution in [3.63, 3.8) is 0 Å². The average molecular weight is 373 g/mol. The Labute approximate surface area is 160 Å². The molecule has 2 fully saturated rings. The Bertz CT molecular complexity index is 715. The van der Waals surface area contributed by atoms with Gasteiger partial charge >= 0.3 is 6.03 Å². The highest BCUT2D eigenvalue weighted by atomic mass is 16.5. The number of rotatable bonds is 3. The molecular weight excluding hydrogens is 344 g/mol. The number of fused-ring (bicyclic) bond motifs is 1. The number of nitrogens with two attached hydrogens (primary N) is 1. The fourth-order valence-electron chi connectivity index (χ4n) is 4.50. The average Bonchev–Trinajstić information content (AvgIpc) is 3.16. The molecule has 0 aromatic heterocycles. The van der Waals surface area contributed by atoms with Crippen LogP contribution in [0, 0.1) is 5.92 Å². The third kappa shape index (κ3) is 4.03. The van der Waals surface area contributed by atoms with Gasteiger partial charge in [0.2, 0.25) is 5.91 Å². The van der Waals surface area contributed by atoms with Crippen LogP contribution in [-0.2, 0) is 17.8 Å². The number of carbonyl (C=O) groups excluding carboxylic acids is 2. The fraction of sp³-hybridized carbons (Fsp3) is 0.600. The lowest BCUT2D eigenvalue weighted by molar-refractivity contribution is -0.917. The van der Waals surface area contributed by atoms with Gasteiger partial charge in [-0.1, -0.05) is 0 Å². The van der Waals surface area contributed by atoms with Crippen molar-refractivity contribution < 1.29 is 19.2 Å². The maximum atomic E-state index is 12.8. The van der Waals surface area contributed by atoms with Crippen LogP contribution in [0.1, 0.15) is 24.0 Å². The second-order valence-electron chi connectivity index (χ2n) is 7.92. The first kappa shape index (κ1) is 18.1. The van der Waals surface area contributed by atoms with Crippen LogP contribution in [0.25, 0.3) is 0 Å². The lowest BCUT2D eigenvalue weighted by Gasteiger charge is -2.37. The van der Waals surface area contributed by atoms with E-state index in [1.165, 1.54) is 16.0 Å². The van der Waals surface area contributed by atoms with E-state index >= 15 is 0 Å². The van der Waals surface area contributed by atoms with Gasteiger partial charge in [-0.25, -0.2) is 4.79 Å². The fourth-order valence-corrected chi connectivity index (χ4v) is 4.50. The molecule has 0 unspecified atom stereocenters. The number of primary amides is 1. The highest BCUT2D eigenvalue weighted by Crippen LogP contribution is 2.25. The van der Waals surface area contributed by atoms with Crippen molar-refractivity contribution in [3.8, 4) is 5.75 Å². The largest absolute Gasteiger partial charge is 0.493 e. The minimum Gasteiger partial charge on any atom is -0.493 e. The molecule has 0 bridgehead atoms. The number of piperazine rings is 1. The van der Waals surface area contributed by atoms with Gasteiger partial charge in [0.15, 0.2) is 0 Å². The summed E-state index contributed by atoms with van der Waals surface area (Å²) in [5, 5.41) is 0. The molecule has 1 aromatic rings. The van der Waals surface area contributed by atoms with E-state index in [0.717, 1.165) is 64.3 Å². The third-order valence-electron chi connectivity index (χ3n) is 6.07. The van der Waals surface area contributed by atoms with Crippen LogP contribution in [0.2, 0.25) is 0 Å². The third-order valence-corrected chi connectivity index (χ3v) is 6.07. The molecular formula is C20H29N4O3+. The number of hydrogen-bond donors (Lipinski definition) is 2. The molecule has 1 aromatic carbocycles. The van der Waals surface area contributed by atoms with Gasteiger partial charge < -0.3 is 25.2 Å². The zero-order valence-electron chi connectivity index (χ0n) is 15.8. The summed E-state index contributed by atoms with van der Waals surface area (Å²) in [7, 11) is 0. The minimum atomic E-state index is -0.415. The second-order valence-corrected chi connectivity index (χ2v) is 7.92. The molecule has 7 nitrogen and oxygen atoms in total. The number of likely N-dealkylation sites (tertiary alicyclic amines) is 1. The van der Waals surface area contributed by atoms with Crippen molar-refractivity contribution in [2.75, 3.05) is 45.9 Å². The predicted molar refractivity (Wildman–Crippen MR) is 101 cm³/mol. The second kappa shape index (κ2) is 7.76. The van der Waals surface area contributed by atoms with Crippen molar-refractivity contribution in [1.29, 1.82) is 0 Å². The standard InChI is InChI=1S/C20H28N4O3/c21-20(26)24-6-1-2-17(14-24)19(25)23-9-7-22(8-10-23)13-15-3-4-18-16(12-15)5-11-27-18/h3-4,12,17H,1-2,5-11,13-14H2,(H2,21,26)/p+1/t17-/m0/s1. The first-order valence-electron chi connectivity index (χ1n) is 10.0. The van der Waals surface area contributed by atoms with Crippen molar-refractivity contribution in [2.24, 2.45) is 11.7 Å². The SMILES string of the molecule is NC(=O)N1CCC[C@H](C(=O)N2CC[NH+](Cc3ccc4c(c3)CCO4)CC2)C1. The number of ether oxygens (including phenoxy) is 1. The maximum absolute atomic E-state index is 12.8. The van der Waals surface area contributed by atoms with Crippen molar-refractivity contribution in [3.05, 3.63) is 29.3 Å². The Morgan fingerprint density at radius 3 is 2.78 bits per heavy atom. The first-order valence-corrected chi connectivity index (χ1v) is 10.0. The van der Waals surface area contributed by atoms with Crippen LogP contribution in [-0.4, -0.2) is 67.6 Å². The van der Waals surface area contributed by atoms with Crippen LogP contribution in [0.3, 0.4) is 0 Å². The normalized spacial score (nSPS) is 23.0. The van der Waals surface area contributed by atoms with E-state index in [-0.39, 0.29) is 11.8 Å². The van der Waals surface area contributed by atoms with Crippen LogP contribution >= 0.6 is 0 Å². The Kier molecular flexibility index (Phi) is 5.20. The van der Waals surface area contributed by atoms with Gasteiger partial charge in [-0.15, -0.1) is 0 Å². The smallest absolute Gasteiger partial charge is 0.314 e. The number of nitrogens with zero attached hydrogens (tertiary/aromatic N) is 2. The summed E-state index contributed by atoms with van der Waals surface area (Å²) in [6, 6.07) is 6.11. The van der Waals surface area contributed by atoms with Crippen LogP contribution in [0.15, 0.2) is 18.2 Å². The first-order chi connectivity index (χ1) is 13.1. The van der Waals surface area contributed by atoms with Gasteiger partial charge in [0.1, 0.15) is 12.3 Å². The molecule has 3 aliphatic rings. The minimum absolute atomic E-state index is 0.0930. The summed E-state index contributed by atoms with van der Waals surface area (Å²) < 4.78 is 5.58. The van der Waals surface area contributed by atoms with E-state index in [0.29, 0.717) is 13.1 Å². The van der Waals surface area contributed by atoms with E-state index in [2.05, 4.69) is 18.2 Å². The van der Waals surface area contributed by atoms with E-state index < -0.39 is 6.03 Å². The Morgan fingerprint density at radius 1 is 1.19 bits per heavy atom. The number of amides is 3. The number of carbonyl (C=O) groups is 2. The van der Waals surface area contributed by atoms with E-state index in [1.54, 1.807) is 4.90 Å². The zero-order chi connectivity index (χ0) is 18.8. The lowest BCUT2D eigenvalue weighted by Crippen LogP contribution is -3.13. The highest BCUT2D eigenvalue weighted by molar-refractivity contribution is 5.80. The number of hydrogen-bond acceptors (Lipinski definition) is 3. The number of piperidine rings is 1. The molecule has 0 saturated carbocycles. The summed E-state index contributed by atoms with van der Waals surface area (Å²) >= 11 is 0. The molecule has 146 valence electrons. The quantitative estimate of drug-likeness (QED) is 0.759. The van der Waals surface area contributed by atoms with Crippen LogP contribution in [0.4, 0.5) is 4.79 Å². The Hall–Kier alpha value is -2.28. The van der Waals surface area contributed by atoms with Crippen molar-refractivity contribution in [2.45, 2.75) is 25.8 Å². The Morgan fingerprint density at radius 2 is 2.00 bits per heavy atom. The summed E-state index contributed by atoms with van der Waals surface area (Å²) in [6.07, 6.45) is 2.71. The highest BCUT2D eigenvalue weighted by Gasteiger charge is 2.33. The lowest BCUT2D eigenvalue weighted by atomic mass is 9.96. The summed E-state index contributed by atoms with van der Waals surface area (Å²) in [5.41, 5.74) is 8.05. The zero-order valence-corrected chi connectivity index (χ0v) is 15.8. The molecule has 7 heteroatoms. The number of urea groups is 1. The van der Waals surface area contributed by atoms with Gasteiger partial charge in [0.05, 0.1) is 38.7 Å². The van der Waals surface area contributed by atoms with Gasteiger partial charge in [0.25, 0.3) is 0 Å². The molecule has 1 atom stereocenters. The molecule has 3 amide bonds. The number of quaternary nitrogens is 1. The molecule has 3 aliphatic heterocycles. The van der Waals surface area contributed by atoms with E-state index in [1.807, 2.05) is 4.90 Å². The van der Waals surface area contributed by atoms with Gasteiger partial charge in [-0.05, 0) is 36.6 Å². The summed E-state index contributed by atoms with van der Waals surface area (Å²) in [5.74, 6) is 1.13. The molecule has 4 rings (SSSR count). The predicted octanol–water partition coefficient (Wildman–Crippen LogP) is -0.361. The number of benzene rings is 1. The van der Waals surface area contributed by atoms with Gasteiger partial charge in [-0.3, -0.25) is 4.79 Å². The van der Waals surface area contributed by atoms with E-state index in [9.17, 15) is 9.59 Å². The van der Waals surface area contributed by atoms with Gasteiger partial charge in [0, 0.05) is 25.1 Å². The van der Waals surface area contributed by atoms with Crippen LogP contribution < -0.4 is 15.4 Å². The van der Waals surface area contributed by atoms with Crippen molar-refractivity contribution in [1.82, 2.24) is 9.80 Å². The molecule has 0 radical (unpaired) electrons. The Balaban J connectivity index is 1.28.